The van der Waals surface area contributed by atoms with Crippen molar-refractivity contribution in [3.63, 3.8) is 0 Å². The lowest BCUT2D eigenvalue weighted by Gasteiger charge is -2.30. The summed E-state index contributed by atoms with van der Waals surface area (Å²) >= 11 is 0. The van der Waals surface area contributed by atoms with Crippen molar-refractivity contribution in [1.29, 1.82) is 0 Å². The molecule has 0 saturated carbocycles. The highest BCUT2D eigenvalue weighted by atomic mass is 19.2. The Bertz CT molecular complexity index is 1200. The maximum absolute atomic E-state index is 12.4. The monoisotopic (exact) mass is 567 g/mol. The molecule has 40 heavy (non-hydrogen) atoms. The van der Waals surface area contributed by atoms with Gasteiger partial charge in [0.25, 0.3) is 5.97 Å². The smallest absolute Gasteiger partial charge is 0.324 e. The molecule has 1 aromatic carbocycles. The minimum Gasteiger partial charge on any atom is -0.490 e. The van der Waals surface area contributed by atoms with E-state index in [0.29, 0.717) is 49.4 Å². The van der Waals surface area contributed by atoms with E-state index in [1.165, 1.54) is 6.92 Å². The van der Waals surface area contributed by atoms with E-state index in [1.807, 2.05) is 4.90 Å². The minimum absolute atomic E-state index is 0.0299. The highest BCUT2D eigenvalue weighted by molar-refractivity contribution is 5.33. The number of piperidine rings is 1. The minimum atomic E-state index is -2.85. The number of hydrogen-bond acceptors (Lipinski definition) is 12. The number of halogens is 3. The molecule has 5 rings (SSSR count). The molecule has 0 amide bonds. The fraction of sp³-hybridized carbons (Fsp3) is 0.520. The van der Waals surface area contributed by atoms with Crippen molar-refractivity contribution < 1.29 is 37.8 Å². The van der Waals surface area contributed by atoms with E-state index >= 15 is 0 Å². The molecule has 218 valence electrons. The van der Waals surface area contributed by atoms with Gasteiger partial charge >= 0.3 is 6.01 Å². The fourth-order valence-corrected chi connectivity index (χ4v) is 4.30. The van der Waals surface area contributed by atoms with Crippen molar-refractivity contribution in [2.24, 2.45) is 11.7 Å². The molecule has 2 aliphatic rings. The van der Waals surface area contributed by atoms with E-state index in [0.717, 1.165) is 38.4 Å². The van der Waals surface area contributed by atoms with E-state index in [4.69, 9.17) is 30.3 Å². The Morgan fingerprint density at radius 1 is 1.00 bits per heavy atom. The molecule has 0 bridgehead atoms. The Morgan fingerprint density at radius 2 is 1.65 bits per heavy atom. The summed E-state index contributed by atoms with van der Waals surface area (Å²) in [6.45, 7) is 5.02. The first-order valence-corrected chi connectivity index (χ1v) is 12.8. The van der Waals surface area contributed by atoms with Crippen LogP contribution in [0, 0.1) is 30.3 Å². The van der Waals surface area contributed by atoms with Crippen LogP contribution in [-0.2, 0) is 6.42 Å². The van der Waals surface area contributed by atoms with Gasteiger partial charge in [0, 0.05) is 38.3 Å². The van der Waals surface area contributed by atoms with Gasteiger partial charge in [-0.1, -0.05) is 5.16 Å². The average Bonchev–Trinajstić information content (AvgIpc) is 3.55. The number of ether oxygens (including phenoxy) is 1. The third-order valence-corrected chi connectivity index (χ3v) is 6.55. The maximum atomic E-state index is 12.4. The summed E-state index contributed by atoms with van der Waals surface area (Å²) in [7, 11) is 0. The van der Waals surface area contributed by atoms with Gasteiger partial charge in [0.15, 0.2) is 23.2 Å². The molecule has 2 fully saturated rings. The molecular formula is C25H32F3N7O5. The summed E-state index contributed by atoms with van der Waals surface area (Å²) in [5.74, 6) is -4.01. The molecule has 2 saturated heterocycles. The van der Waals surface area contributed by atoms with Crippen LogP contribution in [0.25, 0.3) is 0 Å². The summed E-state index contributed by atoms with van der Waals surface area (Å²) in [6.07, 6.45) is 5.59. The molecule has 5 N–H and O–H groups in total. The first kappa shape index (κ1) is 29.5. The van der Waals surface area contributed by atoms with Crippen LogP contribution in [0.1, 0.15) is 30.7 Å². The largest absolute Gasteiger partial charge is 0.490 e. The van der Waals surface area contributed by atoms with Crippen molar-refractivity contribution in [1.82, 2.24) is 20.1 Å². The number of nitrogens with zero attached hydrogens (tertiary/aromatic N) is 6. The van der Waals surface area contributed by atoms with Gasteiger partial charge in [-0.15, -0.1) is 0 Å². The Labute approximate surface area is 228 Å². The third-order valence-electron chi connectivity index (χ3n) is 6.55. The van der Waals surface area contributed by atoms with Crippen molar-refractivity contribution in [2.45, 2.75) is 44.6 Å². The van der Waals surface area contributed by atoms with Crippen molar-refractivity contribution >= 4 is 12.0 Å². The van der Waals surface area contributed by atoms with Crippen LogP contribution in [0.3, 0.4) is 0 Å². The number of aromatic nitrogens is 4. The zero-order valence-electron chi connectivity index (χ0n) is 21.9. The van der Waals surface area contributed by atoms with E-state index in [9.17, 15) is 13.2 Å². The van der Waals surface area contributed by atoms with E-state index in [1.54, 1.807) is 12.4 Å². The van der Waals surface area contributed by atoms with Crippen molar-refractivity contribution in [2.75, 3.05) is 42.6 Å². The number of anilines is 2. The molecule has 0 aliphatic carbocycles. The van der Waals surface area contributed by atoms with E-state index in [2.05, 4.69) is 25.0 Å². The second kappa shape index (κ2) is 12.8. The van der Waals surface area contributed by atoms with Gasteiger partial charge in [-0.05, 0) is 43.7 Å². The van der Waals surface area contributed by atoms with E-state index < -0.39 is 29.8 Å². The third kappa shape index (κ3) is 8.24. The molecule has 1 unspecified atom stereocenters. The Hall–Kier alpha value is -3.53. The Kier molecular flexibility index (Phi) is 9.40. The molecule has 15 heteroatoms. The summed E-state index contributed by atoms with van der Waals surface area (Å²) < 4.78 is 47.7. The van der Waals surface area contributed by atoms with Gasteiger partial charge < -0.3 is 40.1 Å². The number of aliphatic hydroxyl groups is 3. The van der Waals surface area contributed by atoms with Crippen LogP contribution in [-0.4, -0.2) is 80.2 Å². The molecule has 0 radical (unpaired) electrons. The second-order valence-corrected chi connectivity index (χ2v) is 9.91. The summed E-state index contributed by atoms with van der Waals surface area (Å²) in [4.78, 5) is 16.9. The average molecular weight is 568 g/mol. The Morgan fingerprint density at radius 3 is 2.25 bits per heavy atom. The summed E-state index contributed by atoms with van der Waals surface area (Å²) in [6, 6.07) is 1.84. The molecule has 2 aliphatic heterocycles. The topological polar surface area (TPSA) is 167 Å². The molecule has 0 spiro atoms. The number of aryl methyl sites for hydroxylation is 1. The molecule has 3 aromatic rings. The van der Waals surface area contributed by atoms with Gasteiger partial charge in [-0.3, -0.25) is 0 Å². The quantitative estimate of drug-likeness (QED) is 0.239. The van der Waals surface area contributed by atoms with Crippen LogP contribution in [0.4, 0.5) is 25.1 Å². The van der Waals surface area contributed by atoms with Crippen LogP contribution >= 0.6 is 0 Å². The predicted octanol–water partition coefficient (Wildman–Crippen LogP) is 1.28. The van der Waals surface area contributed by atoms with Crippen LogP contribution in [0.5, 0.6) is 5.75 Å². The predicted molar refractivity (Wildman–Crippen MR) is 136 cm³/mol. The second-order valence-electron chi connectivity index (χ2n) is 9.91. The lowest BCUT2D eigenvalue weighted by atomic mass is 9.98. The van der Waals surface area contributed by atoms with Gasteiger partial charge in [-0.2, -0.15) is 4.98 Å². The van der Waals surface area contributed by atoms with Crippen LogP contribution in [0.2, 0.25) is 0 Å². The highest BCUT2D eigenvalue weighted by Crippen LogP contribution is 2.24. The zero-order valence-corrected chi connectivity index (χ0v) is 21.9. The van der Waals surface area contributed by atoms with E-state index in [-0.39, 0.29) is 17.4 Å². The summed E-state index contributed by atoms with van der Waals surface area (Å²) in [5, 5.41) is 30.7. The van der Waals surface area contributed by atoms with Crippen LogP contribution < -0.4 is 20.3 Å². The standard InChI is InChI=1S/C18H27N7O5.C7H5F3/c19-13-3-6-25(10-13)16-20-8-14(9-21-16)29-11-12-1-4-24(5-2-12)17-22-15(23-30-17)7-18(26,27)28;1-4-2-6(9)7(10)3-5(4)8/h8-9,12-13,26-28H,1-7,10-11,19H2;2-3H,1H3. The normalized spacial score (nSPS) is 18.1. The van der Waals surface area contributed by atoms with Crippen molar-refractivity contribution in [3.8, 4) is 5.75 Å². The number of rotatable bonds is 7. The highest BCUT2D eigenvalue weighted by Gasteiger charge is 2.27. The Balaban J connectivity index is 0.000000312. The zero-order chi connectivity index (χ0) is 28.9. The number of benzene rings is 1. The van der Waals surface area contributed by atoms with Crippen molar-refractivity contribution in [3.05, 3.63) is 53.4 Å². The maximum Gasteiger partial charge on any atom is 0.324 e. The van der Waals surface area contributed by atoms with Gasteiger partial charge in [-0.25, -0.2) is 23.1 Å². The fourth-order valence-electron chi connectivity index (χ4n) is 4.30. The molecule has 1 atom stereocenters. The molecule has 12 nitrogen and oxygen atoms in total. The first-order valence-electron chi connectivity index (χ1n) is 12.8. The van der Waals surface area contributed by atoms with Gasteiger partial charge in [0.1, 0.15) is 5.82 Å². The number of hydrogen-bond donors (Lipinski definition) is 4. The molecule has 2 aromatic heterocycles. The van der Waals surface area contributed by atoms with Gasteiger partial charge in [0.05, 0.1) is 25.4 Å². The lowest BCUT2D eigenvalue weighted by Crippen LogP contribution is -2.36. The summed E-state index contributed by atoms with van der Waals surface area (Å²) in [5.41, 5.74) is 6.04. The lowest BCUT2D eigenvalue weighted by molar-refractivity contribution is -0.310. The van der Waals surface area contributed by atoms with Gasteiger partial charge in [0.2, 0.25) is 5.95 Å². The van der Waals surface area contributed by atoms with Crippen LogP contribution in [0.15, 0.2) is 29.0 Å². The molecule has 4 heterocycles. The first-order chi connectivity index (χ1) is 19.0. The SMILES string of the molecule is Cc1cc(F)c(F)cc1F.NC1CCN(c2ncc(OCC3CCN(c4nc(CC(O)(O)O)no4)CC3)cn2)C1. The number of nitrogens with two attached hydrogens (primary N) is 1. The molecular weight excluding hydrogens is 535 g/mol.